The van der Waals surface area contributed by atoms with Crippen LogP contribution in [0, 0.1) is 0 Å². The van der Waals surface area contributed by atoms with Gasteiger partial charge in [-0.2, -0.15) is 13.2 Å². The molecule has 0 saturated carbocycles. The van der Waals surface area contributed by atoms with Crippen LogP contribution in [0.15, 0.2) is 41.0 Å². The number of imidazole rings is 1. The van der Waals surface area contributed by atoms with Crippen molar-refractivity contribution in [2.45, 2.75) is 30.4 Å². The van der Waals surface area contributed by atoms with Crippen LogP contribution in [0.5, 0.6) is 0 Å². The number of nitrogens with zero attached hydrogens (tertiary/aromatic N) is 2. The first-order valence-electron chi connectivity index (χ1n) is 7.95. The van der Waals surface area contributed by atoms with Crippen molar-refractivity contribution < 1.29 is 18.0 Å². The number of alkyl halides is 3. The molecule has 3 rings (SSSR count). The third-order valence-corrected chi connectivity index (χ3v) is 5.27. The number of carbonyl (C=O) groups excluding carboxylic acids is 1. The Morgan fingerprint density at radius 3 is 2.56 bits per heavy atom. The molecule has 1 amide bonds. The van der Waals surface area contributed by atoms with Gasteiger partial charge in [-0.05, 0) is 17.5 Å². The van der Waals surface area contributed by atoms with E-state index in [0.717, 1.165) is 35.1 Å². The summed E-state index contributed by atoms with van der Waals surface area (Å²) < 4.78 is 39.8. The molecule has 5 nitrogen and oxygen atoms in total. The third kappa shape index (κ3) is 4.89. The Balaban J connectivity index is 1.77. The molecule has 10 heteroatoms. The molecule has 0 bridgehead atoms. The van der Waals surface area contributed by atoms with E-state index in [2.05, 4.69) is 20.3 Å². The quantitative estimate of drug-likeness (QED) is 0.560. The Kier molecular flexibility index (Phi) is 5.85. The van der Waals surface area contributed by atoms with Gasteiger partial charge in [0.1, 0.15) is 0 Å². The van der Waals surface area contributed by atoms with Gasteiger partial charge in [-0.25, -0.2) is 9.97 Å². The molecule has 0 atom stereocenters. The number of nitrogens with one attached hydrogen (secondary N) is 2. The van der Waals surface area contributed by atoms with Gasteiger partial charge in [0, 0.05) is 17.3 Å². The lowest BCUT2D eigenvalue weighted by Crippen LogP contribution is -2.18. The van der Waals surface area contributed by atoms with Crippen LogP contribution < -0.4 is 5.32 Å². The van der Waals surface area contributed by atoms with E-state index in [-0.39, 0.29) is 10.3 Å². The maximum atomic E-state index is 13.3. The number of aromatic amines is 1. The van der Waals surface area contributed by atoms with E-state index in [9.17, 15) is 18.0 Å². The van der Waals surface area contributed by atoms with E-state index in [1.807, 2.05) is 31.2 Å². The number of hydrogen-bond acceptors (Lipinski definition) is 5. The van der Waals surface area contributed by atoms with Crippen molar-refractivity contribution in [3.05, 3.63) is 58.4 Å². The summed E-state index contributed by atoms with van der Waals surface area (Å²) in [6, 6.07) is 7.81. The number of aryl methyl sites for hydroxylation is 1. The number of benzene rings is 1. The number of anilines is 1. The van der Waals surface area contributed by atoms with E-state index in [4.69, 9.17) is 0 Å². The summed E-state index contributed by atoms with van der Waals surface area (Å²) in [4.78, 5) is 22.1. The van der Waals surface area contributed by atoms with Gasteiger partial charge >= 0.3 is 6.18 Å². The minimum absolute atomic E-state index is 0.0335. The van der Waals surface area contributed by atoms with Crippen LogP contribution in [0.4, 0.5) is 18.3 Å². The maximum Gasteiger partial charge on any atom is 0.433 e. The zero-order chi connectivity index (χ0) is 19.4. The second kappa shape index (κ2) is 8.13. The lowest BCUT2D eigenvalue weighted by Gasteiger charge is -2.05. The first-order chi connectivity index (χ1) is 12.9. The fourth-order valence-electron chi connectivity index (χ4n) is 2.25. The lowest BCUT2D eigenvalue weighted by molar-refractivity contribution is -0.141. The highest BCUT2D eigenvalue weighted by molar-refractivity contribution is 7.98. The summed E-state index contributed by atoms with van der Waals surface area (Å²) >= 11 is 2.21. The van der Waals surface area contributed by atoms with Crippen LogP contribution in [0.25, 0.3) is 0 Å². The van der Waals surface area contributed by atoms with Crippen molar-refractivity contribution in [3.63, 3.8) is 0 Å². The fourth-order valence-corrected chi connectivity index (χ4v) is 3.60. The van der Waals surface area contributed by atoms with Gasteiger partial charge in [-0.3, -0.25) is 10.1 Å². The van der Waals surface area contributed by atoms with E-state index >= 15 is 0 Å². The van der Waals surface area contributed by atoms with Crippen molar-refractivity contribution in [1.82, 2.24) is 15.0 Å². The van der Waals surface area contributed by atoms with Gasteiger partial charge in [-0.15, -0.1) is 11.3 Å². The number of rotatable bonds is 6. The highest BCUT2D eigenvalue weighted by Crippen LogP contribution is 2.33. The molecule has 2 N–H and O–H groups in total. The number of H-pyrrole nitrogens is 1. The molecule has 0 aliphatic heterocycles. The summed E-state index contributed by atoms with van der Waals surface area (Å²) in [5, 5.41) is 4.18. The van der Waals surface area contributed by atoms with Gasteiger partial charge in [0.05, 0.1) is 0 Å². The van der Waals surface area contributed by atoms with Crippen molar-refractivity contribution in [1.29, 1.82) is 0 Å². The van der Waals surface area contributed by atoms with Crippen molar-refractivity contribution in [3.8, 4) is 0 Å². The minimum Gasteiger partial charge on any atom is -0.329 e. The van der Waals surface area contributed by atoms with Crippen LogP contribution >= 0.6 is 23.1 Å². The van der Waals surface area contributed by atoms with Crippen LogP contribution in [-0.4, -0.2) is 20.9 Å². The van der Waals surface area contributed by atoms with Crippen LogP contribution in [0.3, 0.4) is 0 Å². The Morgan fingerprint density at radius 2 is 1.96 bits per heavy atom. The van der Waals surface area contributed by atoms with Gasteiger partial charge in [0.2, 0.25) is 0 Å². The largest absolute Gasteiger partial charge is 0.433 e. The molecule has 2 heterocycles. The predicted octanol–water partition coefficient (Wildman–Crippen LogP) is 4.99. The van der Waals surface area contributed by atoms with Gasteiger partial charge in [0.25, 0.3) is 5.91 Å². The molecular formula is C17H15F3N4OS2. The Bertz CT molecular complexity index is 905. The zero-order valence-electron chi connectivity index (χ0n) is 14.1. The summed E-state index contributed by atoms with van der Waals surface area (Å²) in [7, 11) is 0. The molecule has 2 aromatic heterocycles. The Morgan fingerprint density at radius 1 is 1.26 bits per heavy atom. The van der Waals surface area contributed by atoms with Crippen molar-refractivity contribution >= 4 is 34.1 Å². The normalized spacial score (nSPS) is 11.6. The molecule has 0 aliphatic carbocycles. The molecule has 0 spiro atoms. The summed E-state index contributed by atoms with van der Waals surface area (Å²) in [6.07, 6.45) is -2.36. The average molecular weight is 412 g/mol. The molecule has 0 radical (unpaired) electrons. The maximum absolute atomic E-state index is 13.3. The SMILES string of the molecule is CCc1ccc(CSc2nc(C(=O)Nc3nccs3)c(C(F)(F)F)[nH]2)cc1. The van der Waals surface area contributed by atoms with E-state index in [0.29, 0.717) is 5.75 Å². The average Bonchev–Trinajstić information content (AvgIpc) is 3.29. The number of carbonyl (C=O) groups is 1. The smallest absolute Gasteiger partial charge is 0.329 e. The second-order valence-electron chi connectivity index (χ2n) is 5.51. The first kappa shape index (κ1) is 19.4. The highest BCUT2D eigenvalue weighted by atomic mass is 32.2. The minimum atomic E-state index is -4.72. The number of thiazole rings is 1. The number of thioether (sulfide) groups is 1. The third-order valence-electron chi connectivity index (χ3n) is 3.64. The zero-order valence-corrected chi connectivity index (χ0v) is 15.8. The van der Waals surface area contributed by atoms with Crippen LogP contribution in [0.1, 0.15) is 34.2 Å². The Labute approximate surface area is 161 Å². The van der Waals surface area contributed by atoms with Gasteiger partial charge in [-0.1, -0.05) is 43.0 Å². The molecule has 0 unspecified atom stereocenters. The number of amides is 1. The second-order valence-corrected chi connectivity index (χ2v) is 7.37. The van der Waals surface area contributed by atoms with Crippen LogP contribution in [0.2, 0.25) is 0 Å². The number of hydrogen-bond donors (Lipinski definition) is 2. The molecule has 142 valence electrons. The first-order valence-corrected chi connectivity index (χ1v) is 9.82. The molecule has 1 aromatic carbocycles. The molecule has 0 aliphatic rings. The molecule has 0 fully saturated rings. The molecular weight excluding hydrogens is 397 g/mol. The van der Waals surface area contributed by atoms with Gasteiger partial charge < -0.3 is 4.98 Å². The predicted molar refractivity (Wildman–Crippen MR) is 99.0 cm³/mol. The van der Waals surface area contributed by atoms with E-state index < -0.39 is 23.5 Å². The fraction of sp³-hybridized carbons (Fsp3) is 0.235. The van der Waals surface area contributed by atoms with E-state index in [1.165, 1.54) is 11.8 Å². The standard InChI is InChI=1S/C17H15F3N4OS2/c1-2-10-3-5-11(6-4-10)9-27-16-22-12(13(23-16)17(18,19)20)14(25)24-15-21-7-8-26-15/h3-8H,2,9H2,1H3,(H,22,23)(H,21,24,25). The highest BCUT2D eigenvalue weighted by Gasteiger charge is 2.39. The van der Waals surface area contributed by atoms with Crippen molar-refractivity contribution in [2.24, 2.45) is 0 Å². The van der Waals surface area contributed by atoms with Crippen LogP contribution in [-0.2, 0) is 18.3 Å². The summed E-state index contributed by atoms with van der Waals surface area (Å²) in [5.41, 5.74) is 0.278. The summed E-state index contributed by atoms with van der Waals surface area (Å²) in [5.74, 6) is -0.518. The number of aromatic nitrogens is 3. The van der Waals surface area contributed by atoms with E-state index in [1.54, 1.807) is 5.38 Å². The Hall–Kier alpha value is -2.33. The topological polar surface area (TPSA) is 70.7 Å². The summed E-state index contributed by atoms with van der Waals surface area (Å²) in [6.45, 7) is 2.05. The molecule has 27 heavy (non-hydrogen) atoms. The number of halogens is 3. The molecule has 0 saturated heterocycles. The lowest BCUT2D eigenvalue weighted by atomic mass is 10.1. The van der Waals surface area contributed by atoms with Crippen molar-refractivity contribution in [2.75, 3.05) is 5.32 Å². The molecule has 3 aromatic rings. The van der Waals surface area contributed by atoms with Gasteiger partial charge in [0.15, 0.2) is 21.7 Å². The monoisotopic (exact) mass is 412 g/mol.